The highest BCUT2D eigenvalue weighted by atomic mass is 35.5. The fourth-order valence-electron chi connectivity index (χ4n) is 2.89. The van der Waals surface area contributed by atoms with Gasteiger partial charge in [0.2, 0.25) is 5.91 Å². The van der Waals surface area contributed by atoms with E-state index < -0.39 is 0 Å². The molecule has 0 fully saturated rings. The zero-order chi connectivity index (χ0) is 20.3. The molecule has 0 radical (unpaired) electrons. The average Bonchev–Trinajstić information content (AvgIpc) is 3.09. The van der Waals surface area contributed by atoms with Crippen LogP contribution in [0.5, 0.6) is 0 Å². The Bertz CT molecular complexity index is 1030. The molecule has 6 nitrogen and oxygen atoms in total. The molecule has 3 aromatic rings. The number of fused-ring (bicyclic) bond motifs is 1. The molecule has 0 saturated heterocycles. The lowest BCUT2D eigenvalue weighted by Crippen LogP contribution is -2.38. The normalized spacial score (nSPS) is 10.9. The van der Waals surface area contributed by atoms with Crippen LogP contribution in [-0.4, -0.2) is 39.2 Å². The van der Waals surface area contributed by atoms with E-state index in [1.165, 1.54) is 4.90 Å². The van der Waals surface area contributed by atoms with Crippen LogP contribution >= 0.6 is 23.2 Å². The minimum absolute atomic E-state index is 0.109. The first kappa shape index (κ1) is 20.2. The molecule has 2 heterocycles. The van der Waals surface area contributed by atoms with Gasteiger partial charge >= 0.3 is 0 Å². The number of aromatic nitrogens is 2. The van der Waals surface area contributed by atoms with Crippen molar-refractivity contribution in [2.75, 3.05) is 18.4 Å². The molecule has 0 unspecified atom stereocenters. The Hall–Kier alpha value is -2.57. The predicted octanol–water partition coefficient (Wildman–Crippen LogP) is 4.44. The number of hydrogen-bond donors (Lipinski definition) is 1. The average molecular weight is 419 g/mol. The first-order chi connectivity index (χ1) is 13.4. The summed E-state index contributed by atoms with van der Waals surface area (Å²) in [5, 5.41) is 3.54. The Labute approximate surface area is 173 Å². The van der Waals surface area contributed by atoms with Gasteiger partial charge in [-0.05, 0) is 43.7 Å². The smallest absolute Gasteiger partial charge is 0.274 e. The van der Waals surface area contributed by atoms with Crippen LogP contribution in [0.1, 0.15) is 29.5 Å². The van der Waals surface area contributed by atoms with Gasteiger partial charge in [-0.2, -0.15) is 0 Å². The fourth-order valence-corrected chi connectivity index (χ4v) is 3.23. The molecule has 2 amide bonds. The zero-order valence-electron chi connectivity index (χ0n) is 15.6. The highest BCUT2D eigenvalue weighted by molar-refractivity contribution is 6.35. The highest BCUT2D eigenvalue weighted by Crippen LogP contribution is 2.25. The monoisotopic (exact) mass is 418 g/mol. The second-order valence-corrected chi connectivity index (χ2v) is 7.26. The number of nitrogens with zero attached hydrogens (tertiary/aromatic N) is 3. The summed E-state index contributed by atoms with van der Waals surface area (Å²) in [7, 11) is 0. The molecule has 146 valence electrons. The third kappa shape index (κ3) is 4.46. The van der Waals surface area contributed by atoms with Crippen LogP contribution in [0.3, 0.4) is 0 Å². The minimum Gasteiger partial charge on any atom is -0.328 e. The summed E-state index contributed by atoms with van der Waals surface area (Å²) in [5.74, 6) is -0.650. The third-order valence-electron chi connectivity index (χ3n) is 4.23. The molecule has 0 aliphatic heterocycles. The van der Waals surface area contributed by atoms with E-state index in [-0.39, 0.29) is 18.4 Å². The topological polar surface area (TPSA) is 66.7 Å². The molecular weight excluding hydrogens is 399 g/mol. The Morgan fingerprint density at radius 3 is 2.71 bits per heavy atom. The Morgan fingerprint density at radius 2 is 2.00 bits per heavy atom. The molecule has 0 atom stereocenters. The number of carbonyl (C=O) groups excluding carboxylic acids is 2. The molecule has 0 aliphatic carbocycles. The molecule has 1 aromatic carbocycles. The number of anilines is 1. The van der Waals surface area contributed by atoms with Gasteiger partial charge in [0.25, 0.3) is 5.91 Å². The molecule has 28 heavy (non-hydrogen) atoms. The van der Waals surface area contributed by atoms with E-state index in [4.69, 9.17) is 23.2 Å². The van der Waals surface area contributed by atoms with Crippen LogP contribution in [-0.2, 0) is 4.79 Å². The van der Waals surface area contributed by atoms with E-state index in [2.05, 4.69) is 10.3 Å². The van der Waals surface area contributed by atoms with E-state index in [1.54, 1.807) is 24.4 Å². The number of amides is 2. The molecule has 2 aromatic heterocycles. The Kier molecular flexibility index (Phi) is 6.21. The lowest BCUT2D eigenvalue weighted by molar-refractivity contribution is -0.116. The van der Waals surface area contributed by atoms with Crippen molar-refractivity contribution in [3.63, 3.8) is 0 Å². The molecule has 0 saturated carbocycles. The van der Waals surface area contributed by atoms with E-state index in [0.717, 1.165) is 5.69 Å². The number of pyridine rings is 1. The number of nitrogens with one attached hydrogen (secondary N) is 1. The summed E-state index contributed by atoms with van der Waals surface area (Å²) in [4.78, 5) is 31.3. The summed E-state index contributed by atoms with van der Waals surface area (Å²) in [6.07, 6.45) is 2.41. The van der Waals surface area contributed by atoms with Gasteiger partial charge in [0.05, 0.1) is 10.7 Å². The van der Waals surface area contributed by atoms with Crippen molar-refractivity contribution in [1.29, 1.82) is 0 Å². The summed E-state index contributed by atoms with van der Waals surface area (Å²) in [6.45, 7) is 4.21. The largest absolute Gasteiger partial charge is 0.328 e. The van der Waals surface area contributed by atoms with Gasteiger partial charge in [-0.15, -0.1) is 0 Å². The van der Waals surface area contributed by atoms with Gasteiger partial charge in [-0.25, -0.2) is 4.98 Å². The molecule has 0 bridgehead atoms. The Morgan fingerprint density at radius 1 is 1.21 bits per heavy atom. The minimum atomic E-state index is -0.356. The Balaban J connectivity index is 1.78. The van der Waals surface area contributed by atoms with Crippen molar-refractivity contribution in [1.82, 2.24) is 14.3 Å². The second-order valence-electron chi connectivity index (χ2n) is 6.42. The van der Waals surface area contributed by atoms with Gasteiger partial charge in [0, 0.05) is 23.5 Å². The summed E-state index contributed by atoms with van der Waals surface area (Å²) in [5.41, 5.74) is 2.37. The number of hydrogen-bond acceptors (Lipinski definition) is 3. The maximum atomic E-state index is 12.9. The van der Waals surface area contributed by atoms with E-state index in [1.807, 2.05) is 36.4 Å². The summed E-state index contributed by atoms with van der Waals surface area (Å²) >= 11 is 12.0. The van der Waals surface area contributed by atoms with Crippen LogP contribution in [0.4, 0.5) is 5.69 Å². The van der Waals surface area contributed by atoms with Crippen molar-refractivity contribution >= 4 is 46.4 Å². The predicted molar refractivity (Wildman–Crippen MR) is 111 cm³/mol. The molecule has 1 N–H and O–H groups in total. The molecule has 8 heteroatoms. The number of carbonyl (C=O) groups is 2. The van der Waals surface area contributed by atoms with Crippen LogP contribution in [0.2, 0.25) is 10.0 Å². The van der Waals surface area contributed by atoms with Crippen LogP contribution in [0, 0.1) is 6.92 Å². The number of rotatable bonds is 6. The maximum absolute atomic E-state index is 12.9. The van der Waals surface area contributed by atoms with Gasteiger partial charge in [0.1, 0.15) is 17.9 Å². The summed E-state index contributed by atoms with van der Waals surface area (Å²) < 4.78 is 1.85. The molecule has 0 spiro atoms. The van der Waals surface area contributed by atoms with E-state index in [9.17, 15) is 9.59 Å². The van der Waals surface area contributed by atoms with Crippen molar-refractivity contribution in [3.05, 3.63) is 64.0 Å². The molecular formula is C20H20Cl2N4O2. The fraction of sp³-hybridized carbons (Fsp3) is 0.250. The summed E-state index contributed by atoms with van der Waals surface area (Å²) in [6, 6.07) is 10.5. The maximum Gasteiger partial charge on any atom is 0.274 e. The third-order valence-corrected chi connectivity index (χ3v) is 4.80. The van der Waals surface area contributed by atoms with Crippen LogP contribution in [0.25, 0.3) is 5.65 Å². The molecule has 3 rings (SSSR count). The lowest BCUT2D eigenvalue weighted by atomic mass is 10.3. The van der Waals surface area contributed by atoms with Crippen molar-refractivity contribution in [2.45, 2.75) is 20.3 Å². The van der Waals surface area contributed by atoms with Crippen LogP contribution in [0.15, 0.2) is 42.6 Å². The highest BCUT2D eigenvalue weighted by Gasteiger charge is 2.21. The van der Waals surface area contributed by atoms with Gasteiger partial charge in [-0.3, -0.25) is 9.59 Å². The SMILES string of the molecule is CCCN(CC(=O)Nc1cc(Cl)ccc1Cl)C(=O)c1cn2c(C)cccc2n1. The van der Waals surface area contributed by atoms with E-state index in [0.29, 0.717) is 40.0 Å². The standard InChI is InChI=1S/C20H20Cl2N4O2/c1-3-9-25(12-19(27)24-16-10-14(21)7-8-15(16)22)20(28)17-11-26-13(2)5-4-6-18(26)23-17/h4-8,10-11H,3,9,12H2,1-2H3,(H,24,27). The molecule has 0 aliphatic rings. The van der Waals surface area contributed by atoms with Gasteiger partial charge in [-0.1, -0.05) is 36.2 Å². The number of aryl methyl sites for hydroxylation is 1. The van der Waals surface area contributed by atoms with Gasteiger partial charge < -0.3 is 14.6 Å². The number of benzene rings is 1. The number of halogens is 2. The van der Waals surface area contributed by atoms with Crippen molar-refractivity contribution in [3.8, 4) is 0 Å². The first-order valence-corrected chi connectivity index (χ1v) is 9.63. The van der Waals surface area contributed by atoms with Crippen molar-refractivity contribution in [2.24, 2.45) is 0 Å². The van der Waals surface area contributed by atoms with Gasteiger partial charge in [0.15, 0.2) is 0 Å². The van der Waals surface area contributed by atoms with Crippen LogP contribution < -0.4 is 5.32 Å². The van der Waals surface area contributed by atoms with E-state index >= 15 is 0 Å². The quantitative estimate of drug-likeness (QED) is 0.643. The first-order valence-electron chi connectivity index (χ1n) is 8.88. The zero-order valence-corrected chi connectivity index (χ0v) is 17.1. The number of imidazole rings is 1. The second kappa shape index (κ2) is 8.63. The van der Waals surface area contributed by atoms with Crippen molar-refractivity contribution < 1.29 is 9.59 Å². The lowest BCUT2D eigenvalue weighted by Gasteiger charge is -2.20.